The molecule has 0 spiro atoms. The summed E-state index contributed by atoms with van der Waals surface area (Å²) in [6.45, 7) is 0.238. The quantitative estimate of drug-likeness (QED) is 0.790. The van der Waals surface area contributed by atoms with E-state index in [1.165, 1.54) is 30.3 Å². The van der Waals surface area contributed by atoms with E-state index in [0.29, 0.717) is 5.56 Å². The van der Waals surface area contributed by atoms with Gasteiger partial charge in [0, 0.05) is 28.2 Å². The molecule has 3 aromatic rings. The first kappa shape index (κ1) is 13.3. The summed E-state index contributed by atoms with van der Waals surface area (Å²) in [6, 6.07) is 10.2. The monoisotopic (exact) mass is 286 g/mol. The molecule has 2 N–H and O–H groups in total. The molecule has 0 unspecified atom stereocenters. The number of nitrogens with zero attached hydrogens (tertiary/aromatic N) is 1. The molecule has 0 aliphatic rings. The maximum Gasteiger partial charge on any atom is 0.248 e. The molecule has 1 heterocycles. The minimum atomic E-state index is -0.601. The van der Waals surface area contributed by atoms with Crippen LogP contribution >= 0.6 is 0 Å². The molecule has 0 atom stereocenters. The average molecular weight is 286 g/mol. The molecule has 0 aliphatic heterocycles. The molecule has 0 saturated carbocycles. The van der Waals surface area contributed by atoms with Crippen LogP contribution in [-0.2, 0) is 6.54 Å². The van der Waals surface area contributed by atoms with Crippen LogP contribution in [0.25, 0.3) is 10.9 Å². The Morgan fingerprint density at radius 2 is 1.90 bits per heavy atom. The minimum absolute atomic E-state index is 0.238. The second-order valence-corrected chi connectivity index (χ2v) is 4.82. The highest BCUT2D eigenvalue weighted by Crippen LogP contribution is 2.20. The van der Waals surface area contributed by atoms with Crippen molar-refractivity contribution in [2.24, 2.45) is 5.73 Å². The van der Waals surface area contributed by atoms with Crippen molar-refractivity contribution < 1.29 is 13.6 Å². The summed E-state index contributed by atoms with van der Waals surface area (Å²) < 4.78 is 28.8. The van der Waals surface area contributed by atoms with Crippen molar-refractivity contribution in [3.63, 3.8) is 0 Å². The smallest absolute Gasteiger partial charge is 0.248 e. The highest BCUT2D eigenvalue weighted by Gasteiger charge is 2.09. The Hall–Kier alpha value is -2.69. The number of aromatic nitrogens is 1. The number of amides is 1. The van der Waals surface area contributed by atoms with Gasteiger partial charge >= 0.3 is 0 Å². The van der Waals surface area contributed by atoms with E-state index in [4.69, 9.17) is 5.73 Å². The molecule has 0 aliphatic carbocycles. The normalized spacial score (nSPS) is 11.0. The van der Waals surface area contributed by atoms with Crippen LogP contribution in [0, 0.1) is 11.6 Å². The first-order valence-electron chi connectivity index (χ1n) is 6.37. The second-order valence-electron chi connectivity index (χ2n) is 4.82. The molecule has 0 saturated heterocycles. The highest BCUT2D eigenvalue weighted by atomic mass is 19.1. The van der Waals surface area contributed by atoms with Gasteiger partial charge in [0.25, 0.3) is 0 Å². The highest BCUT2D eigenvalue weighted by molar-refractivity contribution is 5.92. The summed E-state index contributed by atoms with van der Waals surface area (Å²) in [5, 5.41) is 0.737. The zero-order valence-corrected chi connectivity index (χ0v) is 11.0. The SMILES string of the molecule is NC(=O)c1ccc(F)c(Cn2ccc3cc(F)ccc32)c1. The number of fused-ring (bicyclic) bond motifs is 1. The number of carbonyl (C=O) groups is 1. The molecule has 21 heavy (non-hydrogen) atoms. The zero-order chi connectivity index (χ0) is 15.0. The van der Waals surface area contributed by atoms with Gasteiger partial charge in [0.15, 0.2) is 0 Å². The van der Waals surface area contributed by atoms with E-state index in [1.807, 2.05) is 0 Å². The number of carbonyl (C=O) groups excluding carboxylic acids is 1. The molecule has 1 amide bonds. The van der Waals surface area contributed by atoms with Gasteiger partial charge in [0.2, 0.25) is 5.91 Å². The number of hydrogen-bond donors (Lipinski definition) is 1. The maximum atomic E-state index is 13.9. The molecular formula is C16H12F2N2O. The number of nitrogens with two attached hydrogens (primary N) is 1. The lowest BCUT2D eigenvalue weighted by Gasteiger charge is -2.08. The molecule has 0 fully saturated rings. The molecule has 0 bridgehead atoms. The summed E-state index contributed by atoms with van der Waals surface area (Å²) in [4.78, 5) is 11.2. The lowest BCUT2D eigenvalue weighted by molar-refractivity contribution is 0.1000. The Kier molecular flexibility index (Phi) is 3.17. The molecule has 106 valence electrons. The predicted octanol–water partition coefficient (Wildman–Crippen LogP) is 3.07. The van der Waals surface area contributed by atoms with Gasteiger partial charge < -0.3 is 10.3 Å². The average Bonchev–Trinajstić information content (AvgIpc) is 2.83. The van der Waals surface area contributed by atoms with Crippen molar-refractivity contribution in [3.05, 3.63) is 71.4 Å². The van der Waals surface area contributed by atoms with Gasteiger partial charge in [-0.05, 0) is 42.5 Å². The maximum absolute atomic E-state index is 13.9. The third-order valence-electron chi connectivity index (χ3n) is 3.40. The molecule has 3 nitrogen and oxygen atoms in total. The van der Waals surface area contributed by atoms with Crippen molar-refractivity contribution in [2.45, 2.75) is 6.54 Å². The Bertz CT molecular complexity index is 839. The van der Waals surface area contributed by atoms with Crippen LogP contribution in [0.1, 0.15) is 15.9 Å². The van der Waals surface area contributed by atoms with Crippen molar-refractivity contribution in [1.29, 1.82) is 0 Å². The van der Waals surface area contributed by atoms with Crippen LogP contribution in [0.5, 0.6) is 0 Å². The third-order valence-corrected chi connectivity index (χ3v) is 3.40. The van der Waals surface area contributed by atoms with Gasteiger partial charge in [-0.3, -0.25) is 4.79 Å². The fourth-order valence-electron chi connectivity index (χ4n) is 2.34. The van der Waals surface area contributed by atoms with E-state index >= 15 is 0 Å². The van der Waals surface area contributed by atoms with Gasteiger partial charge in [-0.1, -0.05) is 0 Å². The molecule has 0 radical (unpaired) electrons. The van der Waals surface area contributed by atoms with E-state index in [1.54, 1.807) is 22.9 Å². The van der Waals surface area contributed by atoms with Gasteiger partial charge in [-0.15, -0.1) is 0 Å². The number of benzene rings is 2. The molecular weight excluding hydrogens is 274 g/mol. The lowest BCUT2D eigenvalue weighted by atomic mass is 10.1. The van der Waals surface area contributed by atoms with E-state index < -0.39 is 11.7 Å². The van der Waals surface area contributed by atoms with Crippen LogP contribution in [0.15, 0.2) is 48.7 Å². The van der Waals surface area contributed by atoms with Crippen LogP contribution in [0.3, 0.4) is 0 Å². The van der Waals surface area contributed by atoms with Gasteiger partial charge in [0.1, 0.15) is 11.6 Å². The minimum Gasteiger partial charge on any atom is -0.366 e. The van der Waals surface area contributed by atoms with Crippen molar-refractivity contribution in [3.8, 4) is 0 Å². The summed E-state index contributed by atoms with van der Waals surface area (Å²) in [6.07, 6.45) is 1.75. The summed E-state index contributed by atoms with van der Waals surface area (Å²) >= 11 is 0. The standard InChI is InChI=1S/C16H12F2N2O/c17-13-2-4-15-10(8-13)5-6-20(15)9-12-7-11(16(19)21)1-3-14(12)18/h1-8H,9H2,(H2,19,21). The summed E-state index contributed by atoms with van der Waals surface area (Å²) in [5.41, 5.74) is 6.61. The molecule has 2 aromatic carbocycles. The van der Waals surface area contributed by atoms with E-state index in [2.05, 4.69) is 0 Å². The van der Waals surface area contributed by atoms with Crippen molar-refractivity contribution in [2.75, 3.05) is 0 Å². The predicted molar refractivity (Wildman–Crippen MR) is 75.9 cm³/mol. The topological polar surface area (TPSA) is 48.0 Å². The Balaban J connectivity index is 2.02. The largest absolute Gasteiger partial charge is 0.366 e. The van der Waals surface area contributed by atoms with Crippen LogP contribution < -0.4 is 5.73 Å². The van der Waals surface area contributed by atoms with Crippen LogP contribution in [0.2, 0.25) is 0 Å². The Morgan fingerprint density at radius 3 is 2.67 bits per heavy atom. The summed E-state index contributed by atoms with van der Waals surface area (Å²) in [5.74, 6) is -1.33. The van der Waals surface area contributed by atoms with Crippen LogP contribution in [-0.4, -0.2) is 10.5 Å². The number of hydrogen-bond acceptors (Lipinski definition) is 1. The van der Waals surface area contributed by atoms with Crippen molar-refractivity contribution in [1.82, 2.24) is 4.57 Å². The second kappa shape index (κ2) is 5.01. The fourth-order valence-corrected chi connectivity index (χ4v) is 2.34. The van der Waals surface area contributed by atoms with Gasteiger partial charge in [-0.2, -0.15) is 0 Å². The van der Waals surface area contributed by atoms with Gasteiger partial charge in [-0.25, -0.2) is 8.78 Å². The number of primary amides is 1. The number of rotatable bonds is 3. The van der Waals surface area contributed by atoms with E-state index in [0.717, 1.165) is 10.9 Å². The van der Waals surface area contributed by atoms with Crippen LogP contribution in [0.4, 0.5) is 8.78 Å². The molecule has 1 aromatic heterocycles. The fraction of sp³-hybridized carbons (Fsp3) is 0.0625. The van der Waals surface area contributed by atoms with E-state index in [9.17, 15) is 13.6 Å². The first-order chi connectivity index (χ1) is 10.0. The zero-order valence-electron chi connectivity index (χ0n) is 11.0. The Labute approximate surface area is 119 Å². The third kappa shape index (κ3) is 2.50. The first-order valence-corrected chi connectivity index (χ1v) is 6.37. The lowest BCUT2D eigenvalue weighted by Crippen LogP contribution is -2.12. The number of halogens is 2. The summed E-state index contributed by atoms with van der Waals surface area (Å²) in [7, 11) is 0. The van der Waals surface area contributed by atoms with Gasteiger partial charge in [0.05, 0.1) is 6.54 Å². The molecule has 3 rings (SSSR count). The van der Waals surface area contributed by atoms with E-state index in [-0.39, 0.29) is 17.9 Å². The molecule has 5 heteroatoms. The Morgan fingerprint density at radius 1 is 1.10 bits per heavy atom. The van der Waals surface area contributed by atoms with Crippen molar-refractivity contribution >= 4 is 16.8 Å².